The SMILES string of the molecule is COC(=O)c1ccc(N=Nc2c(-c3ccccc3)[nH]n(-c3ccc([N+](=O)[O-])cc3)c2=O)cc1. The third-order valence-corrected chi connectivity index (χ3v) is 4.80. The molecule has 0 aliphatic rings. The van der Waals surface area contributed by atoms with Gasteiger partial charge in [0.1, 0.15) is 0 Å². The summed E-state index contributed by atoms with van der Waals surface area (Å²) >= 11 is 0. The van der Waals surface area contributed by atoms with E-state index in [1.807, 2.05) is 30.3 Å². The lowest BCUT2D eigenvalue weighted by molar-refractivity contribution is -0.384. The van der Waals surface area contributed by atoms with Crippen LogP contribution in [0.3, 0.4) is 0 Å². The Labute approximate surface area is 186 Å². The molecule has 4 rings (SSSR count). The van der Waals surface area contributed by atoms with E-state index in [2.05, 4.69) is 20.1 Å². The molecule has 0 amide bonds. The zero-order valence-electron chi connectivity index (χ0n) is 17.3. The highest BCUT2D eigenvalue weighted by Crippen LogP contribution is 2.28. The predicted octanol–water partition coefficient (Wildman–Crippen LogP) is 4.94. The first kappa shape index (κ1) is 21.4. The van der Waals surface area contributed by atoms with Crippen LogP contribution in [0, 0.1) is 10.1 Å². The highest BCUT2D eigenvalue weighted by molar-refractivity contribution is 5.89. The van der Waals surface area contributed by atoms with Crippen LogP contribution in [0.1, 0.15) is 10.4 Å². The smallest absolute Gasteiger partial charge is 0.337 e. The average Bonchev–Trinajstić information content (AvgIpc) is 3.19. The first-order valence-electron chi connectivity index (χ1n) is 9.73. The van der Waals surface area contributed by atoms with Gasteiger partial charge >= 0.3 is 5.97 Å². The van der Waals surface area contributed by atoms with Crippen molar-refractivity contribution in [1.29, 1.82) is 0 Å². The van der Waals surface area contributed by atoms with Crippen LogP contribution in [-0.4, -0.2) is 27.8 Å². The van der Waals surface area contributed by atoms with E-state index in [0.29, 0.717) is 28.2 Å². The number of esters is 1. The Morgan fingerprint density at radius 2 is 1.64 bits per heavy atom. The molecule has 10 nitrogen and oxygen atoms in total. The van der Waals surface area contributed by atoms with Gasteiger partial charge in [0.25, 0.3) is 11.2 Å². The maximum absolute atomic E-state index is 13.2. The van der Waals surface area contributed by atoms with Crippen molar-refractivity contribution in [3.63, 3.8) is 0 Å². The second kappa shape index (κ2) is 9.10. The van der Waals surface area contributed by atoms with Crippen molar-refractivity contribution >= 4 is 23.0 Å². The van der Waals surface area contributed by atoms with Gasteiger partial charge in [0.05, 0.1) is 34.7 Å². The van der Waals surface area contributed by atoms with Crippen molar-refractivity contribution in [3.05, 3.63) is 105 Å². The van der Waals surface area contributed by atoms with E-state index < -0.39 is 16.5 Å². The number of non-ortho nitro benzene ring substituents is 1. The Morgan fingerprint density at radius 1 is 0.970 bits per heavy atom. The van der Waals surface area contributed by atoms with Crippen molar-refractivity contribution in [2.24, 2.45) is 10.2 Å². The van der Waals surface area contributed by atoms with E-state index >= 15 is 0 Å². The Hall–Kier alpha value is -4.86. The molecule has 0 aliphatic carbocycles. The normalized spacial score (nSPS) is 10.9. The lowest BCUT2D eigenvalue weighted by atomic mass is 10.1. The highest BCUT2D eigenvalue weighted by Gasteiger charge is 2.17. The molecule has 1 heterocycles. The molecule has 0 saturated heterocycles. The Balaban J connectivity index is 1.76. The zero-order chi connectivity index (χ0) is 23.4. The second-order valence-electron chi connectivity index (χ2n) is 6.85. The van der Waals surface area contributed by atoms with Gasteiger partial charge in [0.15, 0.2) is 5.69 Å². The number of benzene rings is 3. The van der Waals surface area contributed by atoms with Crippen molar-refractivity contribution in [1.82, 2.24) is 9.78 Å². The summed E-state index contributed by atoms with van der Waals surface area (Å²) in [7, 11) is 1.29. The van der Waals surface area contributed by atoms with Crippen LogP contribution in [0.5, 0.6) is 0 Å². The van der Waals surface area contributed by atoms with Gasteiger partial charge in [0.2, 0.25) is 0 Å². The van der Waals surface area contributed by atoms with E-state index in [4.69, 9.17) is 0 Å². The zero-order valence-corrected chi connectivity index (χ0v) is 17.3. The first-order chi connectivity index (χ1) is 16.0. The van der Waals surface area contributed by atoms with Crippen molar-refractivity contribution in [3.8, 4) is 16.9 Å². The average molecular weight is 443 g/mol. The number of nitrogens with zero attached hydrogens (tertiary/aromatic N) is 4. The molecule has 0 atom stereocenters. The van der Waals surface area contributed by atoms with Gasteiger partial charge in [-0.1, -0.05) is 30.3 Å². The fourth-order valence-corrected chi connectivity index (χ4v) is 3.12. The molecule has 3 aromatic carbocycles. The van der Waals surface area contributed by atoms with Gasteiger partial charge in [-0.2, -0.15) is 5.11 Å². The van der Waals surface area contributed by atoms with E-state index in [0.717, 1.165) is 0 Å². The van der Waals surface area contributed by atoms with E-state index in [1.54, 1.807) is 24.3 Å². The second-order valence-corrected chi connectivity index (χ2v) is 6.85. The number of hydrogen-bond donors (Lipinski definition) is 1. The van der Waals surface area contributed by atoms with Gasteiger partial charge in [0, 0.05) is 17.7 Å². The van der Waals surface area contributed by atoms with Crippen molar-refractivity contribution < 1.29 is 14.5 Å². The van der Waals surface area contributed by atoms with Gasteiger partial charge < -0.3 is 4.74 Å². The minimum Gasteiger partial charge on any atom is -0.465 e. The van der Waals surface area contributed by atoms with Gasteiger partial charge in [-0.15, -0.1) is 5.11 Å². The van der Waals surface area contributed by atoms with Crippen LogP contribution < -0.4 is 5.56 Å². The molecule has 0 unspecified atom stereocenters. The number of hydrogen-bond acceptors (Lipinski definition) is 7. The number of methoxy groups -OCH3 is 1. The van der Waals surface area contributed by atoms with Gasteiger partial charge in [-0.3, -0.25) is 20.0 Å². The largest absolute Gasteiger partial charge is 0.465 e. The third-order valence-electron chi connectivity index (χ3n) is 4.80. The monoisotopic (exact) mass is 443 g/mol. The molecule has 1 aromatic heterocycles. The number of azo groups is 1. The maximum Gasteiger partial charge on any atom is 0.337 e. The number of aromatic nitrogens is 2. The number of nitrogens with one attached hydrogen (secondary N) is 1. The lowest BCUT2D eigenvalue weighted by Crippen LogP contribution is -2.13. The summed E-state index contributed by atoms with van der Waals surface area (Å²) in [6.07, 6.45) is 0. The Bertz CT molecular complexity index is 1390. The highest BCUT2D eigenvalue weighted by atomic mass is 16.6. The van der Waals surface area contributed by atoms with Gasteiger partial charge in [-0.25, -0.2) is 9.48 Å². The number of rotatable bonds is 6. The molecule has 0 fully saturated rings. The molecular formula is C23H17N5O5. The van der Waals surface area contributed by atoms with E-state index in [9.17, 15) is 19.7 Å². The van der Waals surface area contributed by atoms with Crippen molar-refractivity contribution in [2.45, 2.75) is 0 Å². The summed E-state index contributed by atoms with van der Waals surface area (Å²) in [5.41, 5.74) is 1.87. The summed E-state index contributed by atoms with van der Waals surface area (Å²) in [6.45, 7) is 0. The topological polar surface area (TPSA) is 132 Å². The van der Waals surface area contributed by atoms with Crippen LogP contribution in [0.2, 0.25) is 0 Å². The summed E-state index contributed by atoms with van der Waals surface area (Å²) in [5, 5.41) is 22.3. The standard InChI is InChI=1S/C23H17N5O5/c1-33-23(30)16-7-9-17(10-8-16)24-25-21-20(15-5-3-2-4-6-15)26-27(22(21)29)18-11-13-19(14-12-18)28(31)32/h2-14,26H,1H3. The quantitative estimate of drug-likeness (QED) is 0.195. The molecule has 0 spiro atoms. The summed E-state index contributed by atoms with van der Waals surface area (Å²) in [6, 6.07) is 20.9. The Morgan fingerprint density at radius 3 is 2.24 bits per heavy atom. The van der Waals surface area contributed by atoms with Crippen LogP contribution in [0.15, 0.2) is 93.9 Å². The molecule has 33 heavy (non-hydrogen) atoms. The minimum atomic E-state index is -0.512. The molecule has 10 heteroatoms. The molecule has 0 aliphatic heterocycles. The number of nitro benzene ring substituents is 1. The van der Waals surface area contributed by atoms with E-state index in [1.165, 1.54) is 36.1 Å². The number of carbonyl (C=O) groups is 1. The number of carbonyl (C=O) groups excluding carboxylic acids is 1. The molecular weight excluding hydrogens is 426 g/mol. The predicted molar refractivity (Wildman–Crippen MR) is 120 cm³/mol. The Kier molecular flexibility index (Phi) is 5.90. The fourth-order valence-electron chi connectivity index (χ4n) is 3.12. The minimum absolute atomic E-state index is 0.0663. The molecule has 4 aromatic rings. The molecule has 0 radical (unpaired) electrons. The van der Waals surface area contributed by atoms with Crippen LogP contribution >= 0.6 is 0 Å². The number of aromatic amines is 1. The summed E-state index contributed by atoms with van der Waals surface area (Å²) in [5.74, 6) is -0.471. The lowest BCUT2D eigenvalue weighted by Gasteiger charge is -2.01. The number of nitro groups is 1. The molecule has 0 bridgehead atoms. The fraction of sp³-hybridized carbons (Fsp3) is 0.0435. The molecule has 1 N–H and O–H groups in total. The summed E-state index contributed by atoms with van der Waals surface area (Å²) < 4.78 is 5.92. The number of ether oxygens (including phenoxy) is 1. The maximum atomic E-state index is 13.2. The molecule has 164 valence electrons. The van der Waals surface area contributed by atoms with Crippen LogP contribution in [-0.2, 0) is 4.74 Å². The first-order valence-corrected chi connectivity index (χ1v) is 9.73. The number of H-pyrrole nitrogens is 1. The van der Waals surface area contributed by atoms with Crippen LogP contribution in [0.4, 0.5) is 17.1 Å². The summed E-state index contributed by atoms with van der Waals surface area (Å²) in [4.78, 5) is 35.2. The van der Waals surface area contributed by atoms with Crippen molar-refractivity contribution in [2.75, 3.05) is 7.11 Å². The van der Waals surface area contributed by atoms with Crippen LogP contribution in [0.25, 0.3) is 16.9 Å². The van der Waals surface area contributed by atoms with Gasteiger partial charge in [-0.05, 0) is 36.4 Å². The molecule has 0 saturated carbocycles. The third kappa shape index (κ3) is 4.44. The van der Waals surface area contributed by atoms with E-state index in [-0.39, 0.29) is 11.4 Å².